The van der Waals surface area contributed by atoms with E-state index in [2.05, 4.69) is 10.3 Å². The highest BCUT2D eigenvalue weighted by Crippen LogP contribution is 2.19. The predicted molar refractivity (Wildman–Crippen MR) is 77.9 cm³/mol. The van der Waals surface area contributed by atoms with Crippen molar-refractivity contribution in [3.63, 3.8) is 0 Å². The average Bonchev–Trinajstić information content (AvgIpc) is 3.01. The third-order valence-electron chi connectivity index (χ3n) is 3.64. The van der Waals surface area contributed by atoms with Gasteiger partial charge >= 0.3 is 0 Å². The maximum Gasteiger partial charge on any atom is 0.153 e. The molecule has 1 unspecified atom stereocenters. The molecule has 1 N–H and O–H groups in total. The monoisotopic (exact) mass is 270 g/mol. The number of nitrogens with zero attached hydrogens (tertiary/aromatic N) is 1. The molecule has 1 fully saturated rings. The maximum atomic E-state index is 11.9. The topological polar surface area (TPSA) is 51.2 Å². The summed E-state index contributed by atoms with van der Waals surface area (Å²) in [7, 11) is 0. The quantitative estimate of drug-likeness (QED) is 0.906. The predicted octanol–water partition coefficient (Wildman–Crippen LogP) is 2.32. The molecule has 1 aliphatic rings. The molecule has 0 bridgehead atoms. The highest BCUT2D eigenvalue weighted by molar-refractivity contribution is 5.84. The van der Waals surface area contributed by atoms with Crippen molar-refractivity contribution >= 4 is 16.7 Å². The fourth-order valence-corrected chi connectivity index (χ4v) is 2.55. The van der Waals surface area contributed by atoms with E-state index in [1.165, 1.54) is 0 Å². The van der Waals surface area contributed by atoms with Gasteiger partial charge in [-0.3, -0.25) is 9.78 Å². The van der Waals surface area contributed by atoms with Crippen LogP contribution in [0.15, 0.2) is 36.5 Å². The number of aromatic nitrogens is 1. The van der Waals surface area contributed by atoms with Crippen LogP contribution in [0, 0.1) is 0 Å². The standard InChI is InChI=1S/C16H18N2O2/c19-16(15-4-2-9-18-15)7-10-20-13-5-6-14-12(11-13)3-1-8-17-14/h1,3,5-6,8,11,15,18H,2,4,7,9-10H2. The summed E-state index contributed by atoms with van der Waals surface area (Å²) in [6.45, 7) is 1.39. The Morgan fingerprint density at radius 3 is 3.20 bits per heavy atom. The van der Waals surface area contributed by atoms with Crippen LogP contribution in [0.3, 0.4) is 0 Å². The number of hydrogen-bond donors (Lipinski definition) is 1. The van der Waals surface area contributed by atoms with E-state index in [0.29, 0.717) is 13.0 Å². The number of benzene rings is 1. The Bertz CT molecular complexity index is 606. The summed E-state index contributed by atoms with van der Waals surface area (Å²) >= 11 is 0. The molecular weight excluding hydrogens is 252 g/mol. The lowest BCUT2D eigenvalue weighted by Crippen LogP contribution is -2.31. The van der Waals surface area contributed by atoms with E-state index in [4.69, 9.17) is 4.74 Å². The number of carbonyl (C=O) groups excluding carboxylic acids is 1. The van der Waals surface area contributed by atoms with E-state index >= 15 is 0 Å². The smallest absolute Gasteiger partial charge is 0.153 e. The second-order valence-electron chi connectivity index (χ2n) is 5.07. The first kappa shape index (κ1) is 13.1. The molecule has 2 heterocycles. The van der Waals surface area contributed by atoms with Crippen molar-refractivity contribution in [3.05, 3.63) is 36.5 Å². The maximum absolute atomic E-state index is 11.9. The van der Waals surface area contributed by atoms with Gasteiger partial charge in [0.1, 0.15) is 5.75 Å². The lowest BCUT2D eigenvalue weighted by molar-refractivity contribution is -0.121. The minimum Gasteiger partial charge on any atom is -0.493 e. The average molecular weight is 270 g/mol. The van der Waals surface area contributed by atoms with Crippen LogP contribution in [-0.2, 0) is 4.79 Å². The summed E-state index contributed by atoms with van der Waals surface area (Å²) in [5, 5.41) is 4.27. The van der Waals surface area contributed by atoms with Crippen LogP contribution in [-0.4, -0.2) is 30.0 Å². The number of hydrogen-bond acceptors (Lipinski definition) is 4. The molecule has 20 heavy (non-hydrogen) atoms. The molecule has 0 saturated carbocycles. The van der Waals surface area contributed by atoms with Gasteiger partial charge in [0.15, 0.2) is 5.78 Å². The molecule has 0 radical (unpaired) electrons. The zero-order valence-corrected chi connectivity index (χ0v) is 11.3. The first-order valence-electron chi connectivity index (χ1n) is 7.06. The first-order valence-corrected chi connectivity index (χ1v) is 7.06. The third-order valence-corrected chi connectivity index (χ3v) is 3.64. The Hall–Kier alpha value is -1.94. The van der Waals surface area contributed by atoms with E-state index < -0.39 is 0 Å². The summed E-state index contributed by atoms with van der Waals surface area (Å²) in [5.74, 6) is 1.04. The van der Waals surface area contributed by atoms with Gasteiger partial charge in [0.05, 0.1) is 18.2 Å². The Labute approximate surface area is 118 Å². The molecule has 0 amide bonds. The molecule has 3 rings (SSSR count). The van der Waals surface area contributed by atoms with Crippen molar-refractivity contribution in [2.24, 2.45) is 0 Å². The van der Waals surface area contributed by atoms with Crippen molar-refractivity contribution < 1.29 is 9.53 Å². The molecule has 1 atom stereocenters. The first-order chi connectivity index (χ1) is 9.83. The van der Waals surface area contributed by atoms with Gasteiger partial charge in [-0.05, 0) is 43.7 Å². The molecule has 1 aromatic heterocycles. The third kappa shape index (κ3) is 2.96. The number of ketones is 1. The fourth-order valence-electron chi connectivity index (χ4n) is 2.55. The van der Waals surface area contributed by atoms with Crippen molar-refractivity contribution in [1.29, 1.82) is 0 Å². The summed E-state index contributed by atoms with van der Waals surface area (Å²) < 4.78 is 5.67. The number of carbonyl (C=O) groups is 1. The van der Waals surface area contributed by atoms with Gasteiger partial charge in [-0.15, -0.1) is 0 Å². The number of fused-ring (bicyclic) bond motifs is 1. The van der Waals surface area contributed by atoms with Gasteiger partial charge in [-0.1, -0.05) is 6.07 Å². The van der Waals surface area contributed by atoms with Crippen LogP contribution in [0.4, 0.5) is 0 Å². The van der Waals surface area contributed by atoms with Crippen LogP contribution in [0.5, 0.6) is 5.75 Å². The van der Waals surface area contributed by atoms with E-state index in [9.17, 15) is 4.79 Å². The van der Waals surface area contributed by atoms with E-state index in [-0.39, 0.29) is 11.8 Å². The molecule has 1 saturated heterocycles. The SMILES string of the molecule is O=C(CCOc1ccc2ncccc2c1)C1CCCN1. The fraction of sp³-hybridized carbons (Fsp3) is 0.375. The largest absolute Gasteiger partial charge is 0.493 e. The van der Waals surface area contributed by atoms with Crippen molar-refractivity contribution in [3.8, 4) is 5.75 Å². The molecule has 2 aromatic rings. The normalized spacial score (nSPS) is 18.3. The van der Waals surface area contributed by atoms with Gasteiger partial charge in [-0.25, -0.2) is 0 Å². The van der Waals surface area contributed by atoms with Crippen molar-refractivity contribution in [1.82, 2.24) is 10.3 Å². The van der Waals surface area contributed by atoms with Gasteiger partial charge < -0.3 is 10.1 Å². The van der Waals surface area contributed by atoms with Crippen molar-refractivity contribution in [2.45, 2.75) is 25.3 Å². The van der Waals surface area contributed by atoms with Gasteiger partial charge in [0.25, 0.3) is 0 Å². The Kier molecular flexibility index (Phi) is 3.92. The molecule has 4 heteroatoms. The molecule has 0 spiro atoms. The Morgan fingerprint density at radius 1 is 1.40 bits per heavy atom. The van der Waals surface area contributed by atoms with Gasteiger partial charge in [0, 0.05) is 18.0 Å². The highest BCUT2D eigenvalue weighted by Gasteiger charge is 2.21. The lowest BCUT2D eigenvalue weighted by Gasteiger charge is -2.10. The van der Waals surface area contributed by atoms with E-state index in [1.54, 1.807) is 6.20 Å². The van der Waals surface area contributed by atoms with Crippen molar-refractivity contribution in [2.75, 3.05) is 13.2 Å². The van der Waals surface area contributed by atoms with Crippen LogP contribution < -0.4 is 10.1 Å². The summed E-state index contributed by atoms with van der Waals surface area (Å²) in [6, 6.07) is 9.74. The lowest BCUT2D eigenvalue weighted by atomic mass is 10.1. The summed E-state index contributed by atoms with van der Waals surface area (Å²) in [5.41, 5.74) is 0.950. The molecule has 4 nitrogen and oxygen atoms in total. The zero-order chi connectivity index (χ0) is 13.8. The number of ether oxygens (including phenoxy) is 1. The van der Waals surface area contributed by atoms with E-state index in [1.807, 2.05) is 30.3 Å². The number of pyridine rings is 1. The van der Waals surface area contributed by atoms with Crippen LogP contribution in [0.1, 0.15) is 19.3 Å². The zero-order valence-electron chi connectivity index (χ0n) is 11.3. The molecular formula is C16H18N2O2. The minimum atomic E-state index is 0.0411. The van der Waals surface area contributed by atoms with Crippen LogP contribution >= 0.6 is 0 Å². The number of nitrogens with one attached hydrogen (secondary N) is 1. The molecule has 1 aromatic carbocycles. The number of Topliss-reactive ketones (excluding diaryl/α,β-unsaturated/α-hetero) is 1. The molecule has 0 aliphatic carbocycles. The number of rotatable bonds is 5. The molecule has 1 aliphatic heterocycles. The van der Waals surface area contributed by atoms with Gasteiger partial charge in [-0.2, -0.15) is 0 Å². The molecule has 104 valence electrons. The minimum absolute atomic E-state index is 0.0411. The van der Waals surface area contributed by atoms with Crippen LogP contribution in [0.25, 0.3) is 10.9 Å². The second-order valence-corrected chi connectivity index (χ2v) is 5.07. The van der Waals surface area contributed by atoms with Crippen LogP contribution in [0.2, 0.25) is 0 Å². The van der Waals surface area contributed by atoms with Gasteiger partial charge in [0.2, 0.25) is 0 Å². The summed E-state index contributed by atoms with van der Waals surface area (Å²) in [4.78, 5) is 16.2. The summed E-state index contributed by atoms with van der Waals surface area (Å²) in [6.07, 6.45) is 4.29. The Balaban J connectivity index is 1.55. The Morgan fingerprint density at radius 2 is 2.35 bits per heavy atom. The van der Waals surface area contributed by atoms with E-state index in [0.717, 1.165) is 36.0 Å². The highest BCUT2D eigenvalue weighted by atomic mass is 16.5. The second kappa shape index (κ2) is 6.01.